The molecule has 38 heavy (non-hydrogen) atoms. The second-order valence-electron chi connectivity index (χ2n) is 8.48. The number of rotatable bonds is 6. The summed E-state index contributed by atoms with van der Waals surface area (Å²) in [5, 5.41) is 0. The molecule has 2 heterocycles. The summed E-state index contributed by atoms with van der Waals surface area (Å²) < 4.78 is 6.25. The van der Waals surface area contributed by atoms with Crippen LogP contribution in [0.4, 0.5) is 0 Å². The molecule has 0 unspecified atom stereocenters. The number of nitrogens with zero attached hydrogens (tertiary/aromatic N) is 2. The van der Waals surface area contributed by atoms with E-state index in [0.717, 1.165) is 44.8 Å². The van der Waals surface area contributed by atoms with E-state index in [-0.39, 0.29) is 21.1 Å². The monoisotopic (exact) mass is 669 g/mol. The molecule has 0 spiro atoms. The van der Waals surface area contributed by atoms with Crippen LogP contribution in [0.2, 0.25) is 0 Å². The van der Waals surface area contributed by atoms with Crippen LogP contribution in [0.15, 0.2) is 134 Å². The van der Waals surface area contributed by atoms with Crippen LogP contribution in [0.25, 0.3) is 44.8 Å². The number of hydrogen-bond donors (Lipinski definition) is 0. The van der Waals surface area contributed by atoms with Crippen LogP contribution in [-0.2, 0) is 21.1 Å². The standard InChI is InChI=1S/C34H22N2O.Pt/c1-3-17-31(33-19-5-7-21-35-33)29(15-1)25-11-9-13-27(23-25)37-28-14-10-12-26(24-28)30-16-2-4-18-32(30)34-20-6-8-22-36-34;/h1-22H;/q-2;+2. The van der Waals surface area contributed by atoms with Gasteiger partial charge in [0.1, 0.15) is 0 Å². The van der Waals surface area contributed by atoms with Crippen molar-refractivity contribution in [3.8, 4) is 56.3 Å². The summed E-state index contributed by atoms with van der Waals surface area (Å²) in [6, 6.07) is 47.0. The van der Waals surface area contributed by atoms with Gasteiger partial charge in [-0.3, -0.25) is 9.97 Å². The smallest absolute Gasteiger partial charge is 0.497 e. The van der Waals surface area contributed by atoms with Gasteiger partial charge >= 0.3 is 21.1 Å². The second kappa shape index (κ2) is 11.8. The summed E-state index contributed by atoms with van der Waals surface area (Å²) in [6.07, 6.45) is 3.62. The molecule has 184 valence electrons. The van der Waals surface area contributed by atoms with E-state index in [1.165, 1.54) is 0 Å². The molecule has 0 amide bonds. The summed E-state index contributed by atoms with van der Waals surface area (Å²) in [6.45, 7) is 0. The number of pyridine rings is 2. The molecule has 2 aromatic heterocycles. The Labute approximate surface area is 237 Å². The molecule has 0 aliphatic heterocycles. The van der Waals surface area contributed by atoms with Crippen LogP contribution >= 0.6 is 0 Å². The number of ether oxygens (including phenoxy) is 1. The minimum Gasteiger partial charge on any atom is -0.497 e. The van der Waals surface area contributed by atoms with Crippen LogP contribution in [0, 0.1) is 12.1 Å². The maximum Gasteiger partial charge on any atom is 2.00 e. The van der Waals surface area contributed by atoms with Gasteiger partial charge in [-0.05, 0) is 35.4 Å². The normalized spacial score (nSPS) is 10.4. The molecule has 0 atom stereocenters. The van der Waals surface area contributed by atoms with Gasteiger partial charge < -0.3 is 4.74 Å². The third-order valence-electron chi connectivity index (χ3n) is 6.07. The molecule has 6 rings (SSSR count). The zero-order valence-corrected chi connectivity index (χ0v) is 22.6. The number of aromatic nitrogens is 2. The maximum absolute atomic E-state index is 6.25. The minimum atomic E-state index is 0. The van der Waals surface area contributed by atoms with Crippen LogP contribution in [-0.4, -0.2) is 9.97 Å². The van der Waals surface area contributed by atoms with Crippen molar-refractivity contribution in [3.05, 3.63) is 146 Å². The van der Waals surface area contributed by atoms with Crippen molar-refractivity contribution in [1.29, 1.82) is 0 Å². The molecule has 0 fully saturated rings. The van der Waals surface area contributed by atoms with Crippen LogP contribution < -0.4 is 4.74 Å². The van der Waals surface area contributed by atoms with E-state index in [4.69, 9.17) is 4.74 Å². The van der Waals surface area contributed by atoms with Gasteiger partial charge in [0.15, 0.2) is 0 Å². The summed E-state index contributed by atoms with van der Waals surface area (Å²) in [4.78, 5) is 9.08. The van der Waals surface area contributed by atoms with Crippen molar-refractivity contribution in [2.75, 3.05) is 0 Å². The Morgan fingerprint density at radius 2 is 0.842 bits per heavy atom. The van der Waals surface area contributed by atoms with E-state index < -0.39 is 0 Å². The Kier molecular flexibility index (Phi) is 7.87. The van der Waals surface area contributed by atoms with E-state index in [9.17, 15) is 0 Å². The molecular weight excluding hydrogens is 647 g/mol. The average molecular weight is 670 g/mol. The third kappa shape index (κ3) is 5.49. The maximum atomic E-state index is 6.25. The summed E-state index contributed by atoms with van der Waals surface area (Å²) >= 11 is 0. The summed E-state index contributed by atoms with van der Waals surface area (Å²) in [5.41, 5.74) is 7.93. The van der Waals surface area contributed by atoms with Gasteiger partial charge in [-0.1, -0.05) is 83.9 Å². The first-order chi connectivity index (χ1) is 18.3. The van der Waals surface area contributed by atoms with Gasteiger partial charge in [0, 0.05) is 23.9 Å². The van der Waals surface area contributed by atoms with E-state index in [0.29, 0.717) is 11.5 Å². The minimum absolute atomic E-state index is 0. The van der Waals surface area contributed by atoms with Gasteiger partial charge in [-0.2, -0.15) is 0 Å². The summed E-state index contributed by atoms with van der Waals surface area (Å²) in [7, 11) is 0. The Balaban J connectivity index is 0.00000294. The van der Waals surface area contributed by atoms with Gasteiger partial charge in [-0.25, -0.2) is 0 Å². The predicted octanol–water partition coefficient (Wildman–Crippen LogP) is 8.53. The molecule has 0 N–H and O–H groups in total. The Morgan fingerprint density at radius 3 is 1.26 bits per heavy atom. The van der Waals surface area contributed by atoms with Gasteiger partial charge in [0.2, 0.25) is 0 Å². The van der Waals surface area contributed by atoms with E-state index >= 15 is 0 Å². The van der Waals surface area contributed by atoms with Crippen LogP contribution in [0.1, 0.15) is 0 Å². The van der Waals surface area contributed by atoms with Crippen molar-refractivity contribution in [2.24, 2.45) is 0 Å². The first kappa shape index (κ1) is 25.3. The summed E-state index contributed by atoms with van der Waals surface area (Å²) in [5.74, 6) is 1.25. The fourth-order valence-electron chi connectivity index (χ4n) is 4.37. The Bertz CT molecular complexity index is 1530. The Morgan fingerprint density at radius 1 is 0.421 bits per heavy atom. The molecule has 3 nitrogen and oxygen atoms in total. The zero-order chi connectivity index (χ0) is 24.9. The SMILES string of the molecule is [Pt+2].[c-]1c(Oc2[c-]c(-c3ccccc3-c3ccccn3)ccc2)cccc1-c1ccccc1-c1ccccn1. The molecule has 0 aliphatic rings. The van der Waals surface area contributed by atoms with Gasteiger partial charge in [0.05, 0.1) is 11.4 Å². The van der Waals surface area contributed by atoms with Crippen molar-refractivity contribution >= 4 is 0 Å². The molecule has 4 aromatic carbocycles. The molecule has 0 bridgehead atoms. The molecule has 0 saturated carbocycles. The van der Waals surface area contributed by atoms with Crippen molar-refractivity contribution in [3.63, 3.8) is 0 Å². The predicted molar refractivity (Wildman–Crippen MR) is 148 cm³/mol. The molecule has 6 aromatic rings. The number of hydrogen-bond acceptors (Lipinski definition) is 3. The number of benzene rings is 4. The topological polar surface area (TPSA) is 35.0 Å². The van der Waals surface area contributed by atoms with Crippen molar-refractivity contribution in [2.45, 2.75) is 0 Å². The van der Waals surface area contributed by atoms with E-state index in [1.807, 2.05) is 109 Å². The molecule has 0 saturated heterocycles. The molecule has 0 aliphatic carbocycles. The fourth-order valence-corrected chi connectivity index (χ4v) is 4.37. The first-order valence-corrected chi connectivity index (χ1v) is 12.1. The third-order valence-corrected chi connectivity index (χ3v) is 6.07. The quantitative estimate of drug-likeness (QED) is 0.167. The largest absolute Gasteiger partial charge is 2.00 e. The van der Waals surface area contributed by atoms with Gasteiger partial charge in [0.25, 0.3) is 0 Å². The van der Waals surface area contributed by atoms with Crippen LogP contribution in [0.3, 0.4) is 0 Å². The second-order valence-corrected chi connectivity index (χ2v) is 8.48. The van der Waals surface area contributed by atoms with Crippen molar-refractivity contribution < 1.29 is 25.8 Å². The Hall–Kier alpha value is -4.33. The molecule has 4 heteroatoms. The fraction of sp³-hybridized carbons (Fsp3) is 0. The molecular formula is C34H22N2OPt. The van der Waals surface area contributed by atoms with Crippen LogP contribution in [0.5, 0.6) is 11.5 Å². The van der Waals surface area contributed by atoms with Gasteiger partial charge in [-0.15, -0.1) is 47.5 Å². The first-order valence-electron chi connectivity index (χ1n) is 12.1. The van der Waals surface area contributed by atoms with Crippen molar-refractivity contribution in [1.82, 2.24) is 9.97 Å². The zero-order valence-electron chi connectivity index (χ0n) is 20.3. The van der Waals surface area contributed by atoms with E-state index in [1.54, 1.807) is 0 Å². The van der Waals surface area contributed by atoms with E-state index in [2.05, 4.69) is 46.4 Å². The average Bonchev–Trinajstić information content (AvgIpc) is 2.98. The molecule has 0 radical (unpaired) electrons.